The van der Waals surface area contributed by atoms with Gasteiger partial charge in [0.2, 0.25) is 11.5 Å². The number of halogens is 1. The van der Waals surface area contributed by atoms with E-state index >= 15 is 0 Å². The number of nitrogens with zero attached hydrogens (tertiary/aromatic N) is 5. The largest absolute Gasteiger partial charge is 2.00 e. The fourth-order valence-corrected chi connectivity index (χ4v) is 11.0. The Morgan fingerprint density at radius 2 is 0.589 bits per heavy atom. The zero-order chi connectivity index (χ0) is 77.8. The molecule has 2 aromatic carbocycles. The Kier molecular flexibility index (Phi) is 46.9. The fourth-order valence-electron chi connectivity index (χ4n) is 10.5. The molecular formula is C81H106BrN5O24Zn. The quantitative estimate of drug-likeness (QED) is 0.0195. The summed E-state index contributed by atoms with van der Waals surface area (Å²) in [5.41, 5.74) is 7.81. The normalized spacial score (nSPS) is 11.6. The van der Waals surface area contributed by atoms with Gasteiger partial charge in [-0.15, -0.1) is 22.1 Å². The van der Waals surface area contributed by atoms with E-state index in [1.54, 1.807) is 48.9 Å². The zero-order valence-electron chi connectivity index (χ0n) is 65.3. The summed E-state index contributed by atoms with van der Waals surface area (Å²) in [5.74, 6) is 8.79. The molecule has 31 heteroatoms. The predicted molar refractivity (Wildman–Crippen MR) is 420 cm³/mol. The van der Waals surface area contributed by atoms with Crippen LogP contribution in [0.25, 0.3) is 68.6 Å². The monoisotopic (exact) mass is 1680 g/mol. The van der Waals surface area contributed by atoms with Gasteiger partial charge in [-0.25, -0.2) is 15.0 Å². The molecule has 2 aliphatic heterocycles. The van der Waals surface area contributed by atoms with E-state index in [0.717, 1.165) is 0 Å². The Labute approximate surface area is 677 Å². The van der Waals surface area contributed by atoms with Crippen molar-refractivity contribution in [3.05, 3.63) is 111 Å². The molecule has 8 rings (SSSR count). The van der Waals surface area contributed by atoms with E-state index in [0.29, 0.717) is 276 Å². The van der Waals surface area contributed by atoms with Gasteiger partial charge < -0.3 is 124 Å². The van der Waals surface area contributed by atoms with E-state index in [9.17, 15) is 0 Å². The van der Waals surface area contributed by atoms with E-state index in [4.69, 9.17) is 134 Å². The van der Waals surface area contributed by atoms with Crippen LogP contribution < -0.4 is 38.4 Å². The average molecular weight is 1680 g/mol. The van der Waals surface area contributed by atoms with E-state index in [-0.39, 0.29) is 98.8 Å². The molecule has 0 N–H and O–H groups in total. The minimum Gasteiger partial charge on any atom is -0.656 e. The molecule has 4 aromatic heterocycles. The Morgan fingerprint density at radius 1 is 0.304 bits per heavy atom. The second-order valence-electron chi connectivity index (χ2n) is 23.8. The number of fused-ring (bicyclic) bond motifs is 8. The molecule has 0 amide bonds. The second kappa shape index (κ2) is 57.0. The molecule has 608 valence electrons. The van der Waals surface area contributed by atoms with Crippen LogP contribution in [-0.2, 0) is 105 Å². The van der Waals surface area contributed by atoms with Crippen molar-refractivity contribution in [3.8, 4) is 68.6 Å². The molecule has 0 aliphatic carbocycles. The third-order valence-corrected chi connectivity index (χ3v) is 16.7. The van der Waals surface area contributed by atoms with Crippen LogP contribution in [0.2, 0.25) is 0 Å². The van der Waals surface area contributed by atoms with E-state index in [1.165, 1.54) is 0 Å². The second-order valence-corrected chi connectivity index (χ2v) is 24.6. The summed E-state index contributed by atoms with van der Waals surface area (Å²) in [7, 11) is 9.76. The van der Waals surface area contributed by atoms with Gasteiger partial charge in [-0.3, -0.25) is 0 Å². The van der Waals surface area contributed by atoms with Crippen LogP contribution in [0.3, 0.4) is 0 Å². The topological polar surface area (TPSA) is 288 Å². The Morgan fingerprint density at radius 3 is 0.929 bits per heavy atom. The summed E-state index contributed by atoms with van der Waals surface area (Å²) in [5, 5.41) is 0. The molecule has 0 atom stereocenters. The molecule has 8 bridgehead atoms. The molecule has 0 fully saturated rings. The molecule has 112 heavy (non-hydrogen) atoms. The molecule has 0 saturated heterocycles. The maximum atomic E-state index is 6.68. The first-order valence-electron chi connectivity index (χ1n) is 37.0. The van der Waals surface area contributed by atoms with Crippen molar-refractivity contribution in [3.63, 3.8) is 0 Å². The average Bonchev–Trinajstić information content (AvgIpc) is 1.64. The van der Waals surface area contributed by atoms with Crippen LogP contribution in [0, 0.1) is 11.8 Å². The molecule has 0 radical (unpaired) electrons. The van der Waals surface area contributed by atoms with E-state index < -0.39 is 0 Å². The predicted octanol–water partition coefficient (Wildman–Crippen LogP) is 9.15. The van der Waals surface area contributed by atoms with E-state index in [1.807, 2.05) is 91.0 Å². The number of hydrogen-bond acceptors (Lipinski definition) is 27. The standard InChI is InChI=1S/C81H106BrN5O24.Zn/c1-88-21-27-94-33-39-100-45-51-106-73-57-61(58-74(107-52-46-101-40-34-95-28-22-89-2)80(73)110-55-49-104-43-37-98-31-25-92-5)77-67-14-12-65(84-67)64(11-10-63-9-7-8-20-83-63)66-13-15-68(85-66)78(70-17-19-72(87-70)79(82)71-18-16-69(77)86-71)62-59-75(108-53-47-102-41-35-96-29-23-90-3)81(111-56-50-105-44-38-99-32-26-93-6)76(60-62)109-54-48-103-42-36-97-30-24-91-4;/h7-9,12-20,57-60H,21-56H2,1-6H3;/q-2;+2. The van der Waals surface area contributed by atoms with Crippen molar-refractivity contribution in [1.29, 1.82) is 0 Å². The summed E-state index contributed by atoms with van der Waals surface area (Å²) in [6, 6.07) is 20.8. The molecular weight excluding hydrogens is 1570 g/mol. The molecule has 2 aliphatic rings. The molecule has 0 saturated carbocycles. The summed E-state index contributed by atoms with van der Waals surface area (Å²) in [6.07, 6.45) is 9.40. The molecule has 0 unspecified atom stereocenters. The van der Waals surface area contributed by atoms with Crippen LogP contribution in [-0.4, -0.2) is 295 Å². The van der Waals surface area contributed by atoms with Crippen molar-refractivity contribution in [2.75, 3.05) is 281 Å². The number of methoxy groups -OCH3 is 6. The van der Waals surface area contributed by atoms with Crippen molar-refractivity contribution in [1.82, 2.24) is 24.9 Å². The Hall–Kier alpha value is -7.07. The van der Waals surface area contributed by atoms with Gasteiger partial charge in [0.15, 0.2) is 23.0 Å². The van der Waals surface area contributed by atoms with Gasteiger partial charge in [0.05, 0.1) is 221 Å². The van der Waals surface area contributed by atoms with Gasteiger partial charge in [0.25, 0.3) is 0 Å². The van der Waals surface area contributed by atoms with Gasteiger partial charge in [0, 0.05) is 58.9 Å². The molecule has 29 nitrogen and oxygen atoms in total. The number of hydrogen-bond donors (Lipinski definition) is 0. The minimum atomic E-state index is 0. The fraction of sp³-hybridized carbons (Fsp3) is 0.519. The van der Waals surface area contributed by atoms with E-state index in [2.05, 4.69) is 32.8 Å². The van der Waals surface area contributed by atoms with Gasteiger partial charge in [-0.05, 0) is 105 Å². The smallest absolute Gasteiger partial charge is 0.656 e. The van der Waals surface area contributed by atoms with Crippen LogP contribution in [0.1, 0.15) is 34.0 Å². The van der Waals surface area contributed by atoms with Crippen LogP contribution in [0.5, 0.6) is 34.5 Å². The first kappa shape index (κ1) is 92.1. The molecule has 6 aromatic rings. The van der Waals surface area contributed by atoms with Gasteiger partial charge in [-0.2, -0.15) is 0 Å². The maximum Gasteiger partial charge on any atom is 2.00 e. The Bertz CT molecular complexity index is 3710. The van der Waals surface area contributed by atoms with Crippen molar-refractivity contribution >= 4 is 62.3 Å². The van der Waals surface area contributed by atoms with Crippen LogP contribution in [0.4, 0.5) is 0 Å². The number of pyridine rings is 1. The first-order chi connectivity index (χ1) is 54.9. The third-order valence-electron chi connectivity index (χ3n) is 15.9. The number of ether oxygens (including phenoxy) is 24. The van der Waals surface area contributed by atoms with Crippen molar-refractivity contribution < 1.29 is 133 Å². The minimum absolute atomic E-state index is 0. The molecule has 0 spiro atoms. The van der Waals surface area contributed by atoms with Crippen molar-refractivity contribution in [2.24, 2.45) is 0 Å². The van der Waals surface area contributed by atoms with Crippen LogP contribution >= 0.6 is 15.9 Å². The van der Waals surface area contributed by atoms with Gasteiger partial charge in [-0.1, -0.05) is 36.3 Å². The summed E-state index contributed by atoms with van der Waals surface area (Å²) < 4.78 is 141. The maximum absolute atomic E-state index is 6.68. The summed E-state index contributed by atoms with van der Waals surface area (Å²) in [4.78, 5) is 26.2. The number of benzene rings is 2. The zero-order valence-corrected chi connectivity index (χ0v) is 69.9. The number of rotatable bonds is 62. The Balaban J connectivity index is 0.0000174. The SMILES string of the molecule is COCCOCCOCCOc1cc(-c2c3nc(c(C#Cc4ccccn4)c4ccc([n-]4)c(-c4cc(OCCOCCOCCOC)c(OCCOCCOCCOC)c(OCCOCCOCCOC)c4)c4nc(c(Br)c5ccc2[n-]5)C=C4)C=C3)cc(OCCOCCOCCOC)c1OCCOCCOCCOC.[Zn+2]. The summed E-state index contributed by atoms with van der Waals surface area (Å²) in [6.45, 7) is 11.9. The third kappa shape index (κ3) is 33.0. The number of aromatic nitrogens is 5. The summed E-state index contributed by atoms with van der Waals surface area (Å²) >= 11 is 3.97. The van der Waals surface area contributed by atoms with Gasteiger partial charge in [0.1, 0.15) is 45.3 Å². The van der Waals surface area contributed by atoms with Gasteiger partial charge >= 0.3 is 19.5 Å². The van der Waals surface area contributed by atoms with Crippen LogP contribution in [0.15, 0.2) is 77.4 Å². The first-order valence-corrected chi connectivity index (χ1v) is 37.8. The van der Waals surface area contributed by atoms with Crippen molar-refractivity contribution in [2.45, 2.75) is 0 Å². The molecule has 6 heterocycles.